The number of hydrogen-bond donors (Lipinski definition) is 0. The first-order chi connectivity index (χ1) is 7.20. The van der Waals surface area contributed by atoms with Crippen LogP contribution in [-0.4, -0.2) is 25.8 Å². The molecule has 15 heavy (non-hydrogen) atoms. The van der Waals surface area contributed by atoms with Crippen LogP contribution in [0.5, 0.6) is 0 Å². The average molecular weight is 197 g/mol. The largest absolute Gasteiger partial charge is 0.368 e. The van der Waals surface area contributed by atoms with Crippen LogP contribution in [0.15, 0.2) is 43.5 Å². The number of hydrogen-bond acceptors (Lipinski definition) is 1. The summed E-state index contributed by atoms with van der Waals surface area (Å²) in [6.07, 6.45) is 1.87. The molecule has 0 amide bonds. The fourth-order valence-electron chi connectivity index (χ4n) is 1.52. The van der Waals surface area contributed by atoms with Gasteiger partial charge in [-0.2, -0.15) is 0 Å². The Morgan fingerprint density at radius 1 is 1.47 bits per heavy atom. The third-order valence-electron chi connectivity index (χ3n) is 2.38. The van der Waals surface area contributed by atoms with Crippen molar-refractivity contribution in [3.8, 4) is 0 Å². The first-order valence-electron chi connectivity index (χ1n) is 5.10. The van der Waals surface area contributed by atoms with E-state index in [0.29, 0.717) is 0 Å². The minimum Gasteiger partial charge on any atom is -0.368 e. The lowest BCUT2D eigenvalue weighted by atomic mass is 9.89. The van der Waals surface area contributed by atoms with Crippen molar-refractivity contribution < 1.29 is 0 Å². The molecule has 2 heteroatoms. The van der Waals surface area contributed by atoms with Crippen molar-refractivity contribution in [3.05, 3.63) is 49.1 Å². The monoisotopic (exact) mass is 197 g/mol. The van der Waals surface area contributed by atoms with Gasteiger partial charge in [0.1, 0.15) is 7.85 Å². The van der Waals surface area contributed by atoms with Crippen molar-refractivity contribution in [3.63, 3.8) is 0 Å². The van der Waals surface area contributed by atoms with Gasteiger partial charge in [0.05, 0.1) is 0 Å². The van der Waals surface area contributed by atoms with Gasteiger partial charge < -0.3 is 4.90 Å². The van der Waals surface area contributed by atoms with Crippen LogP contribution < -0.4 is 5.46 Å². The van der Waals surface area contributed by atoms with Crippen molar-refractivity contribution in [2.75, 3.05) is 13.1 Å². The van der Waals surface area contributed by atoms with E-state index in [1.54, 1.807) is 0 Å². The first-order valence-corrected chi connectivity index (χ1v) is 5.10. The summed E-state index contributed by atoms with van der Waals surface area (Å²) in [6, 6.07) is 7.78. The van der Waals surface area contributed by atoms with Crippen molar-refractivity contribution in [1.82, 2.24) is 4.90 Å². The van der Waals surface area contributed by atoms with Crippen LogP contribution in [0.25, 0.3) is 5.70 Å². The predicted molar refractivity (Wildman–Crippen MR) is 68.3 cm³/mol. The molecule has 0 unspecified atom stereocenters. The Kier molecular flexibility index (Phi) is 4.23. The van der Waals surface area contributed by atoms with E-state index in [4.69, 9.17) is 7.85 Å². The molecule has 1 aromatic rings. The van der Waals surface area contributed by atoms with Crippen LogP contribution in [0.2, 0.25) is 0 Å². The average Bonchev–Trinajstić information content (AvgIpc) is 2.25. The van der Waals surface area contributed by atoms with E-state index in [-0.39, 0.29) is 0 Å². The second-order valence-corrected chi connectivity index (χ2v) is 3.36. The summed E-state index contributed by atoms with van der Waals surface area (Å²) in [7, 11) is 5.90. The molecule has 0 saturated carbocycles. The van der Waals surface area contributed by atoms with E-state index in [1.165, 1.54) is 0 Å². The first kappa shape index (κ1) is 11.6. The van der Waals surface area contributed by atoms with Gasteiger partial charge in [-0.05, 0) is 12.5 Å². The summed E-state index contributed by atoms with van der Waals surface area (Å²) in [5.74, 6) is 0. The molecule has 1 nitrogen and oxygen atoms in total. The van der Waals surface area contributed by atoms with E-state index in [1.807, 2.05) is 30.3 Å². The summed E-state index contributed by atoms with van der Waals surface area (Å²) >= 11 is 0. The maximum atomic E-state index is 5.90. The predicted octanol–water partition coefficient (Wildman–Crippen LogP) is 1.96. The molecule has 0 aliphatic heterocycles. The highest BCUT2D eigenvalue weighted by molar-refractivity contribution is 6.34. The zero-order valence-electron chi connectivity index (χ0n) is 9.24. The fourth-order valence-corrected chi connectivity index (χ4v) is 1.52. The normalized spacial score (nSPS) is 9.67. The van der Waals surface area contributed by atoms with Crippen LogP contribution in [0, 0.1) is 0 Å². The lowest BCUT2D eigenvalue weighted by Crippen LogP contribution is -2.24. The summed E-state index contributed by atoms with van der Waals surface area (Å²) in [6.45, 7) is 11.6. The summed E-state index contributed by atoms with van der Waals surface area (Å²) in [5.41, 5.74) is 2.72. The number of nitrogens with zero attached hydrogens (tertiary/aromatic N) is 1. The number of benzene rings is 1. The molecule has 0 atom stereocenters. The third-order valence-corrected chi connectivity index (χ3v) is 2.38. The maximum absolute atomic E-state index is 5.90. The Hall–Kier alpha value is -1.44. The Bertz CT molecular complexity index is 357. The molecule has 0 N–H and O–H groups in total. The Labute approximate surface area is 93.5 Å². The molecule has 0 bridgehead atoms. The minimum atomic E-state index is 0.769. The van der Waals surface area contributed by atoms with Crippen LogP contribution in [0.1, 0.15) is 12.5 Å². The van der Waals surface area contributed by atoms with E-state index in [9.17, 15) is 0 Å². The van der Waals surface area contributed by atoms with E-state index >= 15 is 0 Å². The SMILES string of the molecule is [B]c1ccccc1C(=C)N(CC)CC=C. The molecule has 0 saturated heterocycles. The van der Waals surface area contributed by atoms with Crippen LogP contribution in [0.4, 0.5) is 0 Å². The van der Waals surface area contributed by atoms with Gasteiger partial charge in [0.2, 0.25) is 0 Å². The van der Waals surface area contributed by atoms with Crippen LogP contribution in [0.3, 0.4) is 0 Å². The smallest absolute Gasteiger partial charge is 0.114 e. The van der Waals surface area contributed by atoms with Gasteiger partial charge in [-0.15, -0.1) is 6.58 Å². The summed E-state index contributed by atoms with van der Waals surface area (Å²) in [5, 5.41) is 0. The second-order valence-electron chi connectivity index (χ2n) is 3.36. The molecule has 0 aliphatic carbocycles. The maximum Gasteiger partial charge on any atom is 0.114 e. The van der Waals surface area contributed by atoms with Gasteiger partial charge >= 0.3 is 0 Å². The zero-order chi connectivity index (χ0) is 11.3. The summed E-state index contributed by atoms with van der Waals surface area (Å²) in [4.78, 5) is 2.14. The molecule has 0 fully saturated rings. The molecule has 76 valence electrons. The summed E-state index contributed by atoms with van der Waals surface area (Å²) < 4.78 is 0. The van der Waals surface area contributed by atoms with E-state index in [2.05, 4.69) is 25.0 Å². The van der Waals surface area contributed by atoms with Crippen molar-refractivity contribution >= 4 is 19.0 Å². The molecule has 0 aromatic heterocycles. The topological polar surface area (TPSA) is 3.24 Å². The second kappa shape index (κ2) is 5.45. The molecule has 0 heterocycles. The molecular weight excluding hydrogens is 181 g/mol. The van der Waals surface area contributed by atoms with Crippen LogP contribution in [-0.2, 0) is 0 Å². The van der Waals surface area contributed by atoms with Crippen molar-refractivity contribution in [1.29, 1.82) is 0 Å². The molecule has 1 rings (SSSR count). The van der Waals surface area contributed by atoms with Gasteiger partial charge in [0, 0.05) is 18.8 Å². The van der Waals surface area contributed by atoms with Crippen molar-refractivity contribution in [2.24, 2.45) is 0 Å². The van der Waals surface area contributed by atoms with Crippen LogP contribution >= 0.6 is 0 Å². The van der Waals surface area contributed by atoms with Crippen molar-refractivity contribution in [2.45, 2.75) is 6.92 Å². The molecule has 2 radical (unpaired) electrons. The molecule has 1 aromatic carbocycles. The highest BCUT2D eigenvalue weighted by Gasteiger charge is 2.07. The molecule has 0 spiro atoms. The highest BCUT2D eigenvalue weighted by atomic mass is 15.1. The Morgan fingerprint density at radius 3 is 2.67 bits per heavy atom. The van der Waals surface area contributed by atoms with Gasteiger partial charge in [-0.1, -0.05) is 42.4 Å². The van der Waals surface area contributed by atoms with E-state index in [0.717, 1.165) is 29.8 Å². The molecule has 0 aliphatic rings. The van der Waals surface area contributed by atoms with Gasteiger partial charge in [0.25, 0.3) is 0 Å². The van der Waals surface area contributed by atoms with Gasteiger partial charge in [0.15, 0.2) is 0 Å². The third kappa shape index (κ3) is 2.75. The zero-order valence-corrected chi connectivity index (χ0v) is 9.24. The lowest BCUT2D eigenvalue weighted by Gasteiger charge is -2.25. The number of rotatable bonds is 5. The fraction of sp³-hybridized carbons (Fsp3) is 0.231. The Morgan fingerprint density at radius 2 is 2.13 bits per heavy atom. The quantitative estimate of drug-likeness (QED) is 0.515. The Balaban J connectivity index is 2.92. The molecular formula is C13H16BN. The lowest BCUT2D eigenvalue weighted by molar-refractivity contribution is 0.465. The minimum absolute atomic E-state index is 0.769. The van der Waals surface area contributed by atoms with Gasteiger partial charge in [-0.3, -0.25) is 0 Å². The van der Waals surface area contributed by atoms with E-state index < -0.39 is 0 Å². The highest BCUT2D eigenvalue weighted by Crippen LogP contribution is 2.14. The number of likely N-dealkylation sites (N-methyl/N-ethyl adjacent to an activating group) is 1. The van der Waals surface area contributed by atoms with Gasteiger partial charge in [-0.25, -0.2) is 0 Å². The standard InChI is InChI=1S/C13H16BN/c1-4-10-15(5-2)11(3)12-8-6-7-9-13(12)14/h4,6-9H,1,3,5,10H2,2H3.